The highest BCUT2D eigenvalue weighted by Gasteiger charge is 2.24. The van der Waals surface area contributed by atoms with E-state index in [4.69, 9.17) is 4.42 Å². The lowest BCUT2D eigenvalue weighted by atomic mass is 9.98. The first-order valence-electron chi connectivity index (χ1n) is 11.6. The van der Waals surface area contributed by atoms with Crippen molar-refractivity contribution in [2.45, 2.75) is 19.9 Å². The van der Waals surface area contributed by atoms with Gasteiger partial charge in [-0.2, -0.15) is 5.26 Å². The third-order valence-electron chi connectivity index (χ3n) is 6.16. The Kier molecular flexibility index (Phi) is 6.21. The molecule has 0 aliphatic carbocycles. The van der Waals surface area contributed by atoms with Crippen molar-refractivity contribution in [1.82, 2.24) is 4.57 Å². The van der Waals surface area contributed by atoms with Gasteiger partial charge in [0, 0.05) is 35.5 Å². The molecular weight excluding hydrogens is 450 g/mol. The Morgan fingerprint density at radius 2 is 1.58 bits per heavy atom. The number of nitriles is 1. The van der Waals surface area contributed by atoms with Crippen LogP contribution in [0.3, 0.4) is 0 Å². The number of furan rings is 1. The first kappa shape index (κ1) is 22.9. The minimum Gasteiger partial charge on any atom is -0.438 e. The standard InChI is InChI=1S/C30H23N3O3/c1-20-18-27(35)33(25-15-9-8-14-23(20)25)17-16-26(34)32-30-24(19-31)28(21-10-4-2-5-11-21)29(36-30)22-12-6-3-7-13-22/h2-15,18H,16-17H2,1H3,(H,32,34). The zero-order valence-electron chi connectivity index (χ0n) is 19.7. The number of nitrogens with zero attached hydrogens (tertiary/aromatic N) is 2. The van der Waals surface area contributed by atoms with Crippen molar-refractivity contribution < 1.29 is 9.21 Å². The molecule has 2 heterocycles. The van der Waals surface area contributed by atoms with Crippen LogP contribution in [0.15, 0.2) is 100 Å². The smallest absolute Gasteiger partial charge is 0.251 e. The molecule has 2 aromatic heterocycles. The molecule has 0 aliphatic heterocycles. The van der Waals surface area contributed by atoms with Crippen molar-refractivity contribution in [1.29, 1.82) is 5.26 Å². The fraction of sp³-hybridized carbons (Fsp3) is 0.100. The normalized spacial score (nSPS) is 10.8. The van der Waals surface area contributed by atoms with Gasteiger partial charge in [-0.15, -0.1) is 0 Å². The highest BCUT2D eigenvalue weighted by molar-refractivity contribution is 5.95. The van der Waals surface area contributed by atoms with E-state index in [1.807, 2.05) is 91.9 Å². The average Bonchev–Trinajstić information content (AvgIpc) is 3.27. The maximum absolute atomic E-state index is 13.0. The van der Waals surface area contributed by atoms with E-state index in [0.29, 0.717) is 11.3 Å². The van der Waals surface area contributed by atoms with Crippen molar-refractivity contribution in [3.05, 3.63) is 112 Å². The number of aromatic nitrogens is 1. The lowest BCUT2D eigenvalue weighted by Crippen LogP contribution is -2.23. The number of amides is 1. The lowest BCUT2D eigenvalue weighted by Gasteiger charge is -2.11. The highest BCUT2D eigenvalue weighted by Crippen LogP contribution is 2.41. The van der Waals surface area contributed by atoms with Gasteiger partial charge in [0.1, 0.15) is 17.4 Å². The number of rotatable bonds is 6. The van der Waals surface area contributed by atoms with Crippen LogP contribution in [0, 0.1) is 18.3 Å². The Hall–Kier alpha value is -4.89. The summed E-state index contributed by atoms with van der Waals surface area (Å²) < 4.78 is 7.68. The summed E-state index contributed by atoms with van der Waals surface area (Å²) >= 11 is 0. The molecule has 0 unspecified atom stereocenters. The van der Waals surface area contributed by atoms with Crippen molar-refractivity contribution in [3.8, 4) is 28.5 Å². The Balaban J connectivity index is 1.47. The molecule has 6 nitrogen and oxygen atoms in total. The first-order chi connectivity index (χ1) is 17.6. The predicted octanol–water partition coefficient (Wildman–Crippen LogP) is 6.14. The number of anilines is 1. The van der Waals surface area contributed by atoms with E-state index in [1.165, 1.54) is 0 Å². The average molecular weight is 474 g/mol. The summed E-state index contributed by atoms with van der Waals surface area (Å²) in [6, 6.07) is 30.4. The highest BCUT2D eigenvalue weighted by atomic mass is 16.4. The van der Waals surface area contributed by atoms with Gasteiger partial charge in [-0.05, 0) is 24.1 Å². The number of carbonyl (C=O) groups is 1. The number of nitrogens with one attached hydrogen (secondary N) is 1. The fourth-order valence-electron chi connectivity index (χ4n) is 4.43. The van der Waals surface area contributed by atoms with Crippen LogP contribution >= 0.6 is 0 Å². The van der Waals surface area contributed by atoms with E-state index in [2.05, 4.69) is 11.4 Å². The third kappa shape index (κ3) is 4.30. The summed E-state index contributed by atoms with van der Waals surface area (Å²) in [5, 5.41) is 13.8. The molecule has 0 aliphatic rings. The van der Waals surface area contributed by atoms with E-state index < -0.39 is 0 Å². The minimum absolute atomic E-state index is 0.0415. The van der Waals surface area contributed by atoms with Gasteiger partial charge in [0.15, 0.2) is 0 Å². The van der Waals surface area contributed by atoms with Gasteiger partial charge >= 0.3 is 0 Å². The first-order valence-corrected chi connectivity index (χ1v) is 11.6. The van der Waals surface area contributed by atoms with Crippen LogP contribution in [-0.4, -0.2) is 10.5 Å². The number of benzene rings is 3. The molecular formula is C30H23N3O3. The van der Waals surface area contributed by atoms with Crippen LogP contribution in [0.4, 0.5) is 5.88 Å². The van der Waals surface area contributed by atoms with Gasteiger partial charge in [-0.25, -0.2) is 0 Å². The summed E-state index contributed by atoms with van der Waals surface area (Å²) in [6.45, 7) is 2.10. The molecule has 0 saturated heterocycles. The van der Waals surface area contributed by atoms with Gasteiger partial charge in [0.2, 0.25) is 11.8 Å². The molecule has 36 heavy (non-hydrogen) atoms. The minimum atomic E-state index is -0.351. The number of aryl methyl sites for hydroxylation is 2. The molecule has 0 bridgehead atoms. The molecule has 6 heteroatoms. The summed E-state index contributed by atoms with van der Waals surface area (Å²) in [5.41, 5.74) is 4.01. The number of para-hydroxylation sites is 1. The van der Waals surface area contributed by atoms with Crippen LogP contribution in [0.5, 0.6) is 0 Å². The number of hydrogen-bond donors (Lipinski definition) is 1. The van der Waals surface area contributed by atoms with Crippen molar-refractivity contribution in [3.63, 3.8) is 0 Å². The van der Waals surface area contributed by atoms with E-state index >= 15 is 0 Å². The summed E-state index contributed by atoms with van der Waals surface area (Å²) in [5.74, 6) is 0.256. The zero-order valence-corrected chi connectivity index (χ0v) is 19.7. The molecule has 0 atom stereocenters. The van der Waals surface area contributed by atoms with E-state index in [1.54, 1.807) is 10.6 Å². The molecule has 3 aromatic carbocycles. The fourth-order valence-corrected chi connectivity index (χ4v) is 4.43. The third-order valence-corrected chi connectivity index (χ3v) is 6.16. The van der Waals surface area contributed by atoms with Crippen LogP contribution < -0.4 is 10.9 Å². The van der Waals surface area contributed by atoms with E-state index in [-0.39, 0.29) is 35.9 Å². The summed E-state index contributed by atoms with van der Waals surface area (Å²) in [4.78, 5) is 25.6. The predicted molar refractivity (Wildman–Crippen MR) is 140 cm³/mol. The Morgan fingerprint density at radius 1 is 0.944 bits per heavy atom. The molecule has 0 spiro atoms. The van der Waals surface area contributed by atoms with Crippen LogP contribution in [0.2, 0.25) is 0 Å². The van der Waals surface area contributed by atoms with E-state index in [0.717, 1.165) is 27.6 Å². The van der Waals surface area contributed by atoms with Crippen molar-refractivity contribution >= 4 is 22.7 Å². The Labute approximate surface area is 208 Å². The second-order valence-corrected chi connectivity index (χ2v) is 8.49. The number of pyridine rings is 1. The monoisotopic (exact) mass is 473 g/mol. The zero-order chi connectivity index (χ0) is 25.1. The topological polar surface area (TPSA) is 88.0 Å². The molecule has 5 aromatic rings. The maximum Gasteiger partial charge on any atom is 0.251 e. The molecule has 0 radical (unpaired) electrons. The molecule has 176 valence electrons. The second kappa shape index (κ2) is 9.77. The van der Waals surface area contributed by atoms with E-state index in [9.17, 15) is 14.9 Å². The number of carbonyl (C=O) groups excluding carboxylic acids is 1. The molecule has 1 N–H and O–H groups in total. The van der Waals surface area contributed by atoms with Crippen molar-refractivity contribution in [2.24, 2.45) is 0 Å². The van der Waals surface area contributed by atoms with Crippen LogP contribution in [-0.2, 0) is 11.3 Å². The van der Waals surface area contributed by atoms with Gasteiger partial charge in [0.05, 0.1) is 5.52 Å². The van der Waals surface area contributed by atoms with Gasteiger partial charge in [-0.3, -0.25) is 14.9 Å². The molecule has 0 fully saturated rings. The lowest BCUT2D eigenvalue weighted by molar-refractivity contribution is -0.116. The largest absolute Gasteiger partial charge is 0.438 e. The molecule has 1 amide bonds. The van der Waals surface area contributed by atoms with Gasteiger partial charge in [0.25, 0.3) is 5.56 Å². The SMILES string of the molecule is Cc1cc(=O)n(CCC(=O)Nc2oc(-c3ccccc3)c(-c3ccccc3)c2C#N)c2ccccc12. The summed E-state index contributed by atoms with van der Waals surface area (Å²) in [7, 11) is 0. The quantitative estimate of drug-likeness (QED) is 0.321. The number of hydrogen-bond acceptors (Lipinski definition) is 4. The number of fused-ring (bicyclic) bond motifs is 1. The Morgan fingerprint density at radius 3 is 2.28 bits per heavy atom. The van der Waals surface area contributed by atoms with Crippen LogP contribution in [0.25, 0.3) is 33.4 Å². The van der Waals surface area contributed by atoms with Gasteiger partial charge < -0.3 is 8.98 Å². The summed E-state index contributed by atoms with van der Waals surface area (Å²) in [6.07, 6.45) is 0.0415. The Bertz CT molecular complexity index is 1660. The molecule has 5 rings (SSSR count). The van der Waals surface area contributed by atoms with Gasteiger partial charge in [-0.1, -0.05) is 78.9 Å². The van der Waals surface area contributed by atoms with Crippen LogP contribution in [0.1, 0.15) is 17.5 Å². The second-order valence-electron chi connectivity index (χ2n) is 8.49. The molecule has 0 saturated carbocycles. The maximum atomic E-state index is 13.0. The van der Waals surface area contributed by atoms with Crippen molar-refractivity contribution in [2.75, 3.05) is 5.32 Å².